The Hall–Kier alpha value is -4.24. The van der Waals surface area contributed by atoms with Crippen molar-refractivity contribution in [2.45, 2.75) is 6.92 Å². The average molecular weight is 470 g/mol. The third kappa shape index (κ3) is 4.99. The van der Waals surface area contributed by atoms with Crippen molar-refractivity contribution in [2.24, 2.45) is 0 Å². The Bertz CT molecular complexity index is 1310. The summed E-state index contributed by atoms with van der Waals surface area (Å²) in [6.07, 6.45) is 3.19. The second-order valence-corrected chi connectivity index (χ2v) is 8.21. The van der Waals surface area contributed by atoms with E-state index in [2.05, 4.69) is 20.5 Å². The molecule has 35 heavy (non-hydrogen) atoms. The first kappa shape index (κ1) is 22.5. The van der Waals surface area contributed by atoms with Crippen LogP contribution in [0.3, 0.4) is 0 Å². The van der Waals surface area contributed by atoms with E-state index in [-0.39, 0.29) is 0 Å². The SMILES string of the molecule is CNc1cc(-c2cc(Nc3ccc(-c4ncco4)cc3)nc(N3CCOCC3)n2)ccc1C(C)=N. The van der Waals surface area contributed by atoms with Gasteiger partial charge in [0.25, 0.3) is 0 Å². The maximum absolute atomic E-state index is 8.04. The molecule has 0 amide bonds. The van der Waals surface area contributed by atoms with Crippen molar-refractivity contribution in [1.82, 2.24) is 15.0 Å². The zero-order valence-corrected chi connectivity index (χ0v) is 19.7. The Labute approximate surface area is 203 Å². The van der Waals surface area contributed by atoms with Crippen LogP contribution < -0.4 is 15.5 Å². The Kier molecular flexibility index (Phi) is 6.40. The van der Waals surface area contributed by atoms with Crippen LogP contribution in [0.1, 0.15) is 12.5 Å². The number of nitrogens with zero attached hydrogens (tertiary/aromatic N) is 4. The summed E-state index contributed by atoms with van der Waals surface area (Å²) in [5.74, 6) is 1.93. The lowest BCUT2D eigenvalue weighted by Crippen LogP contribution is -2.37. The van der Waals surface area contributed by atoms with Crippen molar-refractivity contribution in [3.63, 3.8) is 0 Å². The third-order valence-corrected chi connectivity index (χ3v) is 5.83. The highest BCUT2D eigenvalue weighted by Crippen LogP contribution is 2.29. The number of morpholine rings is 1. The fraction of sp³-hybridized carbons (Fsp3) is 0.231. The number of oxazole rings is 1. The van der Waals surface area contributed by atoms with Crippen LogP contribution in [0.5, 0.6) is 0 Å². The van der Waals surface area contributed by atoms with Gasteiger partial charge in [-0.1, -0.05) is 12.1 Å². The maximum Gasteiger partial charge on any atom is 0.228 e. The third-order valence-electron chi connectivity index (χ3n) is 5.83. The lowest BCUT2D eigenvalue weighted by atomic mass is 10.0. The molecule has 3 N–H and O–H groups in total. The molecule has 9 heteroatoms. The van der Waals surface area contributed by atoms with Crippen molar-refractivity contribution in [1.29, 1.82) is 5.41 Å². The van der Waals surface area contributed by atoms with E-state index in [4.69, 9.17) is 24.5 Å². The molecule has 1 aliphatic heterocycles. The Balaban J connectivity index is 1.50. The zero-order chi connectivity index (χ0) is 24.2. The van der Waals surface area contributed by atoms with Crippen molar-refractivity contribution in [2.75, 3.05) is 48.9 Å². The molecule has 4 aromatic rings. The molecule has 178 valence electrons. The van der Waals surface area contributed by atoms with Gasteiger partial charge in [-0.05, 0) is 37.3 Å². The Morgan fingerprint density at radius 3 is 2.46 bits per heavy atom. The molecule has 0 atom stereocenters. The average Bonchev–Trinajstić information content (AvgIpc) is 3.44. The highest BCUT2D eigenvalue weighted by Gasteiger charge is 2.17. The van der Waals surface area contributed by atoms with E-state index in [0.717, 1.165) is 46.8 Å². The molecule has 9 nitrogen and oxygen atoms in total. The van der Waals surface area contributed by atoms with Gasteiger partial charge >= 0.3 is 0 Å². The quantitative estimate of drug-likeness (QED) is 0.331. The van der Waals surface area contributed by atoms with Crippen molar-refractivity contribution >= 4 is 28.9 Å². The van der Waals surface area contributed by atoms with Crippen molar-refractivity contribution in [3.8, 4) is 22.7 Å². The van der Waals surface area contributed by atoms with E-state index in [9.17, 15) is 0 Å². The zero-order valence-electron chi connectivity index (χ0n) is 19.7. The van der Waals surface area contributed by atoms with Gasteiger partial charge < -0.3 is 30.1 Å². The second-order valence-electron chi connectivity index (χ2n) is 8.21. The molecule has 0 saturated carbocycles. The second kappa shape index (κ2) is 9.94. The molecule has 5 rings (SSSR count). The Morgan fingerprint density at radius 1 is 1.00 bits per heavy atom. The molecule has 1 fully saturated rings. The summed E-state index contributed by atoms with van der Waals surface area (Å²) in [7, 11) is 1.86. The van der Waals surface area contributed by atoms with Crippen LogP contribution in [-0.4, -0.2) is 54.0 Å². The number of hydrogen-bond acceptors (Lipinski definition) is 9. The standard InChI is InChI=1S/C26H27N7O2/c1-17(27)21-8-5-19(15-23(21)28-2)22-16-24(32-26(31-22)33-10-13-34-14-11-33)30-20-6-3-18(4-7-20)25-29-9-12-35-25/h3-9,12,15-16,27-28H,10-11,13-14H2,1-2H3,(H,30,31,32). The van der Waals surface area contributed by atoms with Gasteiger partial charge in [-0.3, -0.25) is 0 Å². The minimum Gasteiger partial charge on any atom is -0.445 e. The molecule has 3 heterocycles. The van der Waals surface area contributed by atoms with Crippen molar-refractivity contribution < 1.29 is 9.15 Å². The van der Waals surface area contributed by atoms with E-state index in [1.165, 1.54) is 0 Å². The van der Waals surface area contributed by atoms with E-state index in [1.807, 2.05) is 55.6 Å². The summed E-state index contributed by atoms with van der Waals surface area (Å²) in [4.78, 5) is 16.0. The highest BCUT2D eigenvalue weighted by molar-refractivity contribution is 6.02. The molecule has 1 aliphatic rings. The van der Waals surface area contributed by atoms with Gasteiger partial charge in [-0.25, -0.2) is 9.97 Å². The van der Waals surface area contributed by atoms with Crippen molar-refractivity contribution in [3.05, 3.63) is 66.6 Å². The summed E-state index contributed by atoms with van der Waals surface area (Å²) in [6.45, 7) is 4.56. The van der Waals surface area contributed by atoms with Crippen LogP contribution in [0.4, 0.5) is 23.1 Å². The lowest BCUT2D eigenvalue weighted by Gasteiger charge is -2.27. The number of anilines is 4. The largest absolute Gasteiger partial charge is 0.445 e. The summed E-state index contributed by atoms with van der Waals surface area (Å²) in [5.41, 5.74) is 5.79. The normalized spacial score (nSPS) is 13.5. The molecule has 0 aliphatic carbocycles. The van der Waals surface area contributed by atoms with Gasteiger partial charge in [0.1, 0.15) is 12.1 Å². The van der Waals surface area contributed by atoms with Gasteiger partial charge in [0.05, 0.1) is 25.1 Å². The topological polar surface area (TPSA) is 112 Å². The van der Waals surface area contributed by atoms with Gasteiger partial charge in [0.2, 0.25) is 11.8 Å². The number of ether oxygens (including phenoxy) is 1. The monoisotopic (exact) mass is 469 g/mol. The molecule has 0 spiro atoms. The van der Waals surface area contributed by atoms with Crippen LogP contribution in [0.15, 0.2) is 65.4 Å². The summed E-state index contributed by atoms with van der Waals surface area (Å²) >= 11 is 0. The van der Waals surface area contributed by atoms with Crippen LogP contribution in [0.2, 0.25) is 0 Å². The fourth-order valence-corrected chi connectivity index (χ4v) is 4.00. The predicted molar refractivity (Wildman–Crippen MR) is 138 cm³/mol. The maximum atomic E-state index is 8.04. The van der Waals surface area contributed by atoms with Crippen LogP contribution in [0.25, 0.3) is 22.7 Å². The first-order valence-corrected chi connectivity index (χ1v) is 11.5. The molecular weight excluding hydrogens is 442 g/mol. The molecule has 1 saturated heterocycles. The highest BCUT2D eigenvalue weighted by atomic mass is 16.5. The molecule has 0 radical (unpaired) electrons. The van der Waals surface area contributed by atoms with E-state index < -0.39 is 0 Å². The number of nitrogens with one attached hydrogen (secondary N) is 3. The van der Waals surface area contributed by atoms with Gasteiger partial charge in [-0.2, -0.15) is 4.98 Å². The number of aromatic nitrogens is 3. The minimum atomic E-state index is 0.508. The van der Waals surface area contributed by atoms with E-state index in [0.29, 0.717) is 36.6 Å². The predicted octanol–water partition coefficient (Wildman–Crippen LogP) is 4.81. The molecule has 2 aromatic carbocycles. The number of benzene rings is 2. The van der Waals surface area contributed by atoms with E-state index >= 15 is 0 Å². The van der Waals surface area contributed by atoms with Crippen LogP contribution in [-0.2, 0) is 4.74 Å². The van der Waals surface area contributed by atoms with E-state index in [1.54, 1.807) is 19.4 Å². The molecular formula is C26H27N7O2. The minimum absolute atomic E-state index is 0.508. The Morgan fingerprint density at radius 2 is 1.77 bits per heavy atom. The number of hydrogen-bond donors (Lipinski definition) is 3. The molecule has 0 unspecified atom stereocenters. The summed E-state index contributed by atoms with van der Waals surface area (Å²) in [5, 5.41) is 14.6. The smallest absolute Gasteiger partial charge is 0.228 e. The van der Waals surface area contributed by atoms with Gasteiger partial charge in [0.15, 0.2) is 0 Å². The lowest BCUT2D eigenvalue weighted by molar-refractivity contribution is 0.122. The first-order valence-electron chi connectivity index (χ1n) is 11.5. The van der Waals surface area contributed by atoms with Gasteiger partial charge in [-0.15, -0.1) is 0 Å². The summed E-state index contributed by atoms with van der Waals surface area (Å²) in [6, 6.07) is 15.8. The first-order chi connectivity index (χ1) is 17.1. The van der Waals surface area contributed by atoms with Gasteiger partial charge in [0, 0.05) is 60.0 Å². The number of rotatable bonds is 7. The van der Waals surface area contributed by atoms with Crippen LogP contribution >= 0.6 is 0 Å². The molecule has 2 aromatic heterocycles. The van der Waals surface area contributed by atoms with Crippen LogP contribution in [0, 0.1) is 5.41 Å². The molecule has 0 bridgehead atoms. The summed E-state index contributed by atoms with van der Waals surface area (Å²) < 4.78 is 10.9. The fourth-order valence-electron chi connectivity index (χ4n) is 4.00.